The van der Waals surface area contributed by atoms with E-state index < -0.39 is 20.8 Å². The standard InChI is InChI=1S/Ce.2H2O4S.6H2O/c;2*1-5(2,3)4;;;;;;/h;2*(H2,1,2,3,4);6*1H2/q+4;;;;;;;;/p-4. The van der Waals surface area contributed by atoms with Gasteiger partial charge in [-0.2, -0.15) is 0 Å². The van der Waals surface area contributed by atoms with Crippen LogP contribution >= 0.6 is 0 Å². The first-order chi connectivity index (χ1) is 4.00. The van der Waals surface area contributed by atoms with Gasteiger partial charge in [-0.3, -0.25) is 16.8 Å². The second kappa shape index (κ2) is 25.7. The molecule has 0 heterocycles. The van der Waals surface area contributed by atoms with E-state index in [-0.39, 0.29) is 74.6 Å². The van der Waals surface area contributed by atoms with Crippen molar-refractivity contribution in [3.63, 3.8) is 0 Å². The van der Waals surface area contributed by atoms with Gasteiger partial charge in [-0.25, -0.2) is 0 Å². The molecule has 0 atom stereocenters. The van der Waals surface area contributed by atoms with Gasteiger partial charge in [0.1, 0.15) is 0 Å². The summed E-state index contributed by atoms with van der Waals surface area (Å²) in [6.45, 7) is 0. The summed E-state index contributed by atoms with van der Waals surface area (Å²) in [6.07, 6.45) is 0. The van der Waals surface area contributed by atoms with Crippen molar-refractivity contribution in [3.05, 3.63) is 0 Å². The summed E-state index contributed by atoms with van der Waals surface area (Å²) < 4.78 is 68.2. The molecule has 0 unspecified atom stereocenters. The fourth-order valence-corrected chi connectivity index (χ4v) is 0. The molecule has 17 heavy (non-hydrogen) atoms. The first-order valence-corrected chi connectivity index (χ1v) is 4.00. The summed E-state index contributed by atoms with van der Waals surface area (Å²) in [6, 6.07) is 0. The molecule has 12 N–H and O–H groups in total. The van der Waals surface area contributed by atoms with Crippen molar-refractivity contribution in [3.8, 4) is 0 Å². The molecular formula is H12CeO14S2. The maximum absolute atomic E-state index is 8.52. The minimum Gasteiger partial charge on any atom is -0.759 e. The monoisotopic (exact) mass is 440 g/mol. The molecule has 14 nitrogen and oxygen atoms in total. The summed E-state index contributed by atoms with van der Waals surface area (Å²) in [4.78, 5) is 0. The van der Waals surface area contributed by atoms with Crippen molar-refractivity contribution in [2.24, 2.45) is 0 Å². The van der Waals surface area contributed by atoms with E-state index in [2.05, 4.69) is 0 Å². The Labute approximate surface area is 129 Å². The molecule has 0 rings (SSSR count). The Morgan fingerprint density at radius 1 is 0.471 bits per heavy atom. The van der Waals surface area contributed by atoms with Gasteiger partial charge < -0.3 is 51.1 Å². The van der Waals surface area contributed by atoms with E-state index in [0.29, 0.717) is 0 Å². The maximum atomic E-state index is 8.52. The van der Waals surface area contributed by atoms with Crippen LogP contribution in [0.25, 0.3) is 0 Å². The van der Waals surface area contributed by atoms with Gasteiger partial charge in [-0.1, -0.05) is 0 Å². The summed E-state index contributed by atoms with van der Waals surface area (Å²) in [7, 11) is -10.3. The van der Waals surface area contributed by atoms with Crippen LogP contribution in [0.15, 0.2) is 0 Å². The van der Waals surface area contributed by atoms with Crippen LogP contribution < -0.4 is 0 Å². The van der Waals surface area contributed by atoms with Gasteiger partial charge in [0.05, 0.1) is 0 Å². The molecule has 0 aliphatic rings. The molecule has 0 aliphatic heterocycles. The summed E-state index contributed by atoms with van der Waals surface area (Å²) in [5, 5.41) is 0. The molecule has 0 aliphatic carbocycles. The third kappa shape index (κ3) is 4860. The largest absolute Gasteiger partial charge is 4.00 e. The fraction of sp³-hybridized carbons (Fsp3) is 0. The molecule has 0 bridgehead atoms. The van der Waals surface area contributed by atoms with Gasteiger partial charge in [0.2, 0.25) is 0 Å². The summed E-state index contributed by atoms with van der Waals surface area (Å²) in [5.41, 5.74) is 0. The Bertz CT molecular complexity index is 211. The van der Waals surface area contributed by atoms with Crippen molar-refractivity contribution >= 4 is 20.8 Å². The van der Waals surface area contributed by atoms with E-state index >= 15 is 0 Å². The molecule has 0 saturated heterocycles. The predicted molar refractivity (Wildman–Crippen MR) is 42.6 cm³/mol. The number of rotatable bonds is 0. The minimum absolute atomic E-state index is 0. The van der Waals surface area contributed by atoms with Gasteiger partial charge >= 0.3 is 41.7 Å². The molecule has 17 heteroatoms. The van der Waals surface area contributed by atoms with E-state index in [1.807, 2.05) is 0 Å². The van der Waals surface area contributed by atoms with E-state index in [1.165, 1.54) is 0 Å². The Balaban J connectivity index is -0.00000000762. The molecule has 0 aromatic rings. The van der Waals surface area contributed by atoms with Crippen LogP contribution in [0.1, 0.15) is 0 Å². The molecule has 0 saturated carbocycles. The quantitative estimate of drug-likeness (QED) is 0.256. The third-order valence-electron chi connectivity index (χ3n) is 0. The molecule has 0 amide bonds. The number of hydrogen-bond acceptors (Lipinski definition) is 8. The van der Waals surface area contributed by atoms with E-state index in [9.17, 15) is 0 Å². The van der Waals surface area contributed by atoms with Gasteiger partial charge in [0.15, 0.2) is 0 Å². The zero-order valence-corrected chi connectivity index (χ0v) is 12.4. The Hall–Kier alpha value is 0.877. The van der Waals surface area contributed by atoms with Gasteiger partial charge in [-0.15, -0.1) is 0 Å². The van der Waals surface area contributed by atoms with Crippen LogP contribution in [0.5, 0.6) is 0 Å². The molecule has 0 radical (unpaired) electrons. The number of hydrogen-bond donors (Lipinski definition) is 0. The van der Waals surface area contributed by atoms with Crippen molar-refractivity contribution in [2.75, 3.05) is 0 Å². The topological polar surface area (TPSA) is 350 Å². The molecule has 112 valence electrons. The van der Waals surface area contributed by atoms with E-state index in [0.717, 1.165) is 0 Å². The second-order valence-corrected chi connectivity index (χ2v) is 2.45. The SMILES string of the molecule is O.O.O.O.O.O.O=S(=O)([O-])[O-].O=S(=O)([O-])[O-].[Ce+4]. The zero-order valence-electron chi connectivity index (χ0n) is 7.58. The summed E-state index contributed by atoms with van der Waals surface area (Å²) in [5.74, 6) is 0. The first-order valence-electron chi connectivity index (χ1n) is 1.33. The molecule has 0 aromatic carbocycles. The Morgan fingerprint density at radius 3 is 0.471 bits per heavy atom. The van der Waals surface area contributed by atoms with Crippen LogP contribution in [0.3, 0.4) is 0 Å². The van der Waals surface area contributed by atoms with Crippen LogP contribution in [-0.2, 0) is 20.8 Å². The third-order valence-corrected chi connectivity index (χ3v) is 0. The second-order valence-electron chi connectivity index (χ2n) is 0.816. The fourth-order valence-electron chi connectivity index (χ4n) is 0. The normalized spacial score (nSPS) is 6.82. The van der Waals surface area contributed by atoms with Gasteiger partial charge in [0, 0.05) is 20.8 Å². The Kier molecular flexibility index (Phi) is 97.5. The average molecular weight is 440 g/mol. The van der Waals surface area contributed by atoms with Crippen molar-refractivity contribution in [1.29, 1.82) is 0 Å². The van der Waals surface area contributed by atoms with E-state index in [4.69, 9.17) is 35.0 Å². The molecule has 0 spiro atoms. The van der Waals surface area contributed by atoms with E-state index in [1.54, 1.807) is 0 Å². The minimum atomic E-state index is -5.17. The van der Waals surface area contributed by atoms with Crippen LogP contribution in [0.4, 0.5) is 0 Å². The average Bonchev–Trinajstić information content (AvgIpc) is 1.12. The van der Waals surface area contributed by atoms with Gasteiger partial charge in [-0.05, 0) is 0 Å². The van der Waals surface area contributed by atoms with Crippen LogP contribution in [0, 0.1) is 41.7 Å². The Morgan fingerprint density at radius 2 is 0.471 bits per heavy atom. The molecule has 0 fully saturated rings. The molecular weight excluding hydrogens is 428 g/mol. The smallest absolute Gasteiger partial charge is 0.759 e. The van der Waals surface area contributed by atoms with Crippen LogP contribution in [0.2, 0.25) is 0 Å². The molecule has 0 aromatic heterocycles. The zero-order chi connectivity index (χ0) is 9.00. The first kappa shape index (κ1) is 64.6. The van der Waals surface area contributed by atoms with Crippen molar-refractivity contribution < 1.29 is 110 Å². The van der Waals surface area contributed by atoms with Crippen molar-refractivity contribution in [2.45, 2.75) is 0 Å². The van der Waals surface area contributed by atoms with Crippen molar-refractivity contribution in [1.82, 2.24) is 0 Å². The predicted octanol–water partition coefficient (Wildman–Crippen LogP) is -7.62. The van der Waals surface area contributed by atoms with Gasteiger partial charge in [0.25, 0.3) is 0 Å². The van der Waals surface area contributed by atoms with Crippen LogP contribution in [-0.4, -0.2) is 67.9 Å². The summed E-state index contributed by atoms with van der Waals surface area (Å²) >= 11 is 0. The maximum Gasteiger partial charge on any atom is 4.00 e.